The zero-order valence-electron chi connectivity index (χ0n) is 15.1. The van der Waals surface area contributed by atoms with Crippen molar-refractivity contribution in [2.24, 2.45) is 7.05 Å². The second-order valence-corrected chi connectivity index (χ2v) is 7.90. The average Bonchev–Trinajstić information content (AvgIpc) is 3.32. The Morgan fingerprint density at radius 3 is 2.71 bits per heavy atom. The Kier molecular flexibility index (Phi) is 5.49. The highest BCUT2D eigenvalue weighted by molar-refractivity contribution is 7.98. The molecule has 4 rings (SSSR count). The van der Waals surface area contributed by atoms with Crippen molar-refractivity contribution in [1.29, 1.82) is 0 Å². The van der Waals surface area contributed by atoms with Crippen LogP contribution in [0, 0.1) is 0 Å². The van der Waals surface area contributed by atoms with E-state index in [1.165, 1.54) is 16.6 Å². The number of para-hydroxylation sites is 1. The summed E-state index contributed by atoms with van der Waals surface area (Å²) in [5.74, 6) is 2.62. The summed E-state index contributed by atoms with van der Waals surface area (Å²) in [7, 11) is 1.97. The van der Waals surface area contributed by atoms with Gasteiger partial charge in [0.2, 0.25) is 11.9 Å². The molecule has 0 spiro atoms. The predicted octanol–water partition coefficient (Wildman–Crippen LogP) is 3.27. The van der Waals surface area contributed by atoms with E-state index in [2.05, 4.69) is 41.9 Å². The van der Waals surface area contributed by atoms with Gasteiger partial charge < -0.3 is 15.6 Å². The van der Waals surface area contributed by atoms with E-state index in [-0.39, 0.29) is 5.95 Å². The van der Waals surface area contributed by atoms with Crippen molar-refractivity contribution >= 4 is 40.7 Å². The normalized spacial score (nSPS) is 10.9. The smallest absolute Gasteiger partial charge is 0.232 e. The van der Waals surface area contributed by atoms with Crippen LogP contribution in [0.3, 0.4) is 0 Å². The second kappa shape index (κ2) is 8.36. The van der Waals surface area contributed by atoms with Gasteiger partial charge in [0, 0.05) is 24.0 Å². The van der Waals surface area contributed by atoms with E-state index in [0.29, 0.717) is 17.5 Å². The van der Waals surface area contributed by atoms with Gasteiger partial charge >= 0.3 is 0 Å². The van der Waals surface area contributed by atoms with Crippen LogP contribution in [-0.2, 0) is 19.2 Å². The molecule has 0 saturated carbocycles. The van der Waals surface area contributed by atoms with Gasteiger partial charge in [0.25, 0.3) is 0 Å². The summed E-state index contributed by atoms with van der Waals surface area (Å²) in [5.41, 5.74) is 6.74. The molecule has 0 aliphatic carbocycles. The van der Waals surface area contributed by atoms with Gasteiger partial charge in [-0.05, 0) is 23.6 Å². The van der Waals surface area contributed by atoms with Crippen LogP contribution in [0.2, 0.25) is 0 Å². The third-order valence-electron chi connectivity index (χ3n) is 3.90. The van der Waals surface area contributed by atoms with Crippen LogP contribution in [0.1, 0.15) is 16.5 Å². The molecule has 3 N–H and O–H groups in total. The van der Waals surface area contributed by atoms with Crippen LogP contribution in [0.15, 0.2) is 53.0 Å². The lowest BCUT2D eigenvalue weighted by molar-refractivity contribution is 0.750. The molecule has 28 heavy (non-hydrogen) atoms. The van der Waals surface area contributed by atoms with Crippen molar-refractivity contribution in [3.05, 3.63) is 64.4 Å². The minimum Gasteiger partial charge on any atom is -0.368 e. The molecule has 0 unspecified atom stereocenters. The fourth-order valence-corrected chi connectivity index (χ4v) is 4.02. The SMILES string of the molecule is Cn1c(Cc2cccs2)nnc1SCc1nc(N)nc(Nc2ccccc2)n1. The van der Waals surface area contributed by atoms with E-state index in [9.17, 15) is 0 Å². The Morgan fingerprint density at radius 1 is 1.07 bits per heavy atom. The molecule has 0 radical (unpaired) electrons. The molecule has 3 heterocycles. The summed E-state index contributed by atoms with van der Waals surface area (Å²) in [6, 6.07) is 13.8. The van der Waals surface area contributed by atoms with Gasteiger partial charge in [0.1, 0.15) is 11.6 Å². The number of thiophene rings is 1. The van der Waals surface area contributed by atoms with Crippen LogP contribution >= 0.6 is 23.1 Å². The first-order valence-electron chi connectivity index (χ1n) is 8.53. The zero-order chi connectivity index (χ0) is 19.3. The number of thioether (sulfide) groups is 1. The van der Waals surface area contributed by atoms with E-state index >= 15 is 0 Å². The van der Waals surface area contributed by atoms with E-state index in [1.54, 1.807) is 11.3 Å². The minimum atomic E-state index is 0.181. The van der Waals surface area contributed by atoms with E-state index < -0.39 is 0 Å². The molecule has 4 aromatic rings. The number of benzene rings is 1. The summed E-state index contributed by atoms with van der Waals surface area (Å²) in [4.78, 5) is 14.1. The average molecular weight is 411 g/mol. The fraction of sp³-hybridized carbons (Fsp3) is 0.167. The number of anilines is 3. The molecule has 0 saturated heterocycles. The summed E-state index contributed by atoms with van der Waals surface area (Å²) in [6.07, 6.45) is 0.769. The van der Waals surface area contributed by atoms with Crippen LogP contribution in [0.25, 0.3) is 0 Å². The van der Waals surface area contributed by atoms with Crippen molar-refractivity contribution in [3.8, 4) is 0 Å². The number of nitrogens with zero attached hydrogens (tertiary/aromatic N) is 6. The Morgan fingerprint density at radius 2 is 1.93 bits per heavy atom. The highest BCUT2D eigenvalue weighted by atomic mass is 32.2. The molecule has 8 nitrogen and oxygen atoms in total. The number of hydrogen-bond acceptors (Lipinski definition) is 9. The molecule has 10 heteroatoms. The second-order valence-electron chi connectivity index (χ2n) is 5.93. The molecular formula is C18H18N8S2. The lowest BCUT2D eigenvalue weighted by atomic mass is 10.3. The monoisotopic (exact) mass is 410 g/mol. The van der Waals surface area contributed by atoms with Crippen LogP contribution in [-0.4, -0.2) is 29.7 Å². The molecule has 3 aromatic heterocycles. The molecule has 1 aromatic carbocycles. The molecule has 142 valence electrons. The highest BCUT2D eigenvalue weighted by Gasteiger charge is 2.12. The number of rotatable bonds is 7. The maximum atomic E-state index is 5.85. The Bertz CT molecular complexity index is 1050. The van der Waals surface area contributed by atoms with Crippen molar-refractivity contribution in [2.45, 2.75) is 17.3 Å². The zero-order valence-corrected chi connectivity index (χ0v) is 16.7. The van der Waals surface area contributed by atoms with Gasteiger partial charge in [-0.2, -0.15) is 15.0 Å². The van der Waals surface area contributed by atoms with Crippen LogP contribution in [0.5, 0.6) is 0 Å². The molecule has 0 amide bonds. The predicted molar refractivity (Wildman–Crippen MR) is 112 cm³/mol. The number of nitrogens with one attached hydrogen (secondary N) is 1. The van der Waals surface area contributed by atoms with Crippen LogP contribution in [0.4, 0.5) is 17.6 Å². The van der Waals surface area contributed by atoms with E-state index in [4.69, 9.17) is 5.73 Å². The van der Waals surface area contributed by atoms with Crippen LogP contribution < -0.4 is 11.1 Å². The highest BCUT2D eigenvalue weighted by Crippen LogP contribution is 2.22. The topological polar surface area (TPSA) is 107 Å². The fourth-order valence-electron chi connectivity index (χ4n) is 2.53. The molecular weight excluding hydrogens is 392 g/mol. The van der Waals surface area contributed by atoms with Crippen molar-refractivity contribution in [2.75, 3.05) is 11.1 Å². The van der Waals surface area contributed by atoms with E-state index in [0.717, 1.165) is 23.1 Å². The van der Waals surface area contributed by atoms with Crippen molar-refractivity contribution in [1.82, 2.24) is 29.7 Å². The van der Waals surface area contributed by atoms with Gasteiger partial charge in [-0.15, -0.1) is 21.5 Å². The Labute approximate surface area is 170 Å². The number of nitrogen functional groups attached to an aromatic ring is 1. The molecule has 0 atom stereocenters. The third-order valence-corrected chi connectivity index (χ3v) is 5.79. The van der Waals surface area contributed by atoms with Gasteiger partial charge in [0.05, 0.1) is 5.75 Å². The summed E-state index contributed by atoms with van der Waals surface area (Å²) >= 11 is 3.23. The number of nitrogens with two attached hydrogens (primary N) is 1. The van der Waals surface area contributed by atoms with Gasteiger partial charge in [-0.1, -0.05) is 36.0 Å². The maximum Gasteiger partial charge on any atom is 0.232 e. The van der Waals surface area contributed by atoms with Gasteiger partial charge in [-0.3, -0.25) is 0 Å². The Balaban J connectivity index is 1.44. The number of hydrogen-bond donors (Lipinski definition) is 2. The lowest BCUT2D eigenvalue weighted by Gasteiger charge is -2.07. The standard InChI is InChI=1S/C18H18N8S2/c1-26-15(10-13-8-5-9-27-13)24-25-18(26)28-11-14-21-16(19)23-17(22-14)20-12-6-3-2-4-7-12/h2-9H,10-11H2,1H3,(H3,19,20,21,22,23). The molecule has 0 aliphatic heterocycles. The number of aromatic nitrogens is 6. The first-order chi connectivity index (χ1) is 13.7. The largest absolute Gasteiger partial charge is 0.368 e. The summed E-state index contributed by atoms with van der Waals surface area (Å²) in [6.45, 7) is 0. The molecule has 0 aliphatic rings. The third kappa shape index (κ3) is 4.46. The summed E-state index contributed by atoms with van der Waals surface area (Å²) < 4.78 is 2.00. The van der Waals surface area contributed by atoms with E-state index in [1.807, 2.05) is 48.0 Å². The summed E-state index contributed by atoms with van der Waals surface area (Å²) in [5, 5.41) is 14.6. The van der Waals surface area contributed by atoms with Gasteiger partial charge in [-0.25, -0.2) is 0 Å². The maximum absolute atomic E-state index is 5.85. The first kappa shape index (κ1) is 18.4. The quantitative estimate of drug-likeness (QED) is 0.447. The van der Waals surface area contributed by atoms with Crippen molar-refractivity contribution in [3.63, 3.8) is 0 Å². The Hall–Kier alpha value is -2.98. The minimum absolute atomic E-state index is 0.181. The van der Waals surface area contributed by atoms with Gasteiger partial charge in [0.15, 0.2) is 5.16 Å². The first-order valence-corrected chi connectivity index (χ1v) is 10.4. The molecule has 0 fully saturated rings. The molecule has 0 bridgehead atoms. The lowest BCUT2D eigenvalue weighted by Crippen LogP contribution is -2.07. The van der Waals surface area contributed by atoms with Crippen molar-refractivity contribution < 1.29 is 0 Å².